The van der Waals surface area contributed by atoms with E-state index in [0.717, 1.165) is 96.3 Å². The Balaban J connectivity index is 4.43. The van der Waals surface area contributed by atoms with E-state index in [0.29, 0.717) is 19.4 Å². The van der Waals surface area contributed by atoms with Crippen LogP contribution in [-0.4, -0.2) is 60.5 Å². The molecule has 0 saturated carbocycles. The quantitative estimate of drug-likeness (QED) is 0.0237. The second-order valence-electron chi connectivity index (χ2n) is 13.3. The van der Waals surface area contributed by atoms with Crippen molar-refractivity contribution in [2.24, 2.45) is 5.73 Å². The van der Waals surface area contributed by atoms with Crippen LogP contribution in [0, 0.1) is 0 Å². The van der Waals surface area contributed by atoms with Gasteiger partial charge in [-0.2, -0.15) is 0 Å². The summed E-state index contributed by atoms with van der Waals surface area (Å²) in [7, 11) is -4.65. The third-order valence-corrected chi connectivity index (χ3v) is 9.02. The molecule has 3 unspecified atom stereocenters. The molecule has 0 heterocycles. The molecule has 0 fully saturated rings. The summed E-state index contributed by atoms with van der Waals surface area (Å²) in [5.41, 5.74) is 5.34. The van der Waals surface area contributed by atoms with E-state index in [4.69, 9.17) is 29.4 Å². The molecule has 0 bridgehead atoms. The van der Waals surface area contributed by atoms with Crippen LogP contribution >= 0.6 is 7.82 Å². The van der Waals surface area contributed by atoms with E-state index in [1.54, 1.807) is 0 Å². The molecular weight excluding hydrogens is 741 g/mol. The van der Waals surface area contributed by atoms with Gasteiger partial charge in [0.2, 0.25) is 0 Å². The maximum absolute atomic E-state index is 12.6. The Hall–Kier alpha value is -3.37. The van der Waals surface area contributed by atoms with E-state index < -0.39 is 45.1 Å². The fourth-order valence-corrected chi connectivity index (χ4v) is 5.67. The SMILES string of the molecule is CC/C=C\C/C=C\C/C=C\C/C=C\C/C=C\CCOCC(COP(=O)(O)OCC(N)C(=O)O)OC(=O)CCCCCCCC/C=C\C/C=C\C/C=C\C/C=C\CC. The Bertz CT molecular complexity index is 1310. The third-order valence-electron chi connectivity index (χ3n) is 8.07. The maximum Gasteiger partial charge on any atom is 0.472 e. The molecule has 10 nitrogen and oxygen atoms in total. The second-order valence-corrected chi connectivity index (χ2v) is 14.8. The molecule has 0 aromatic heterocycles. The number of carbonyl (C=O) groups is 2. The Morgan fingerprint density at radius 1 is 0.561 bits per heavy atom. The normalized spacial score (nSPS) is 15.0. The topological polar surface area (TPSA) is 155 Å². The Morgan fingerprint density at radius 2 is 0.965 bits per heavy atom. The van der Waals surface area contributed by atoms with Crippen molar-refractivity contribution in [2.45, 2.75) is 142 Å². The van der Waals surface area contributed by atoms with Crippen LogP contribution < -0.4 is 5.73 Å². The van der Waals surface area contributed by atoms with Crippen LogP contribution in [0.5, 0.6) is 0 Å². The van der Waals surface area contributed by atoms with Gasteiger partial charge in [-0.1, -0.05) is 149 Å². The number of aliphatic carboxylic acids is 1. The molecule has 3 atom stereocenters. The number of carboxylic acids is 1. The molecule has 0 aliphatic heterocycles. The molecule has 0 aliphatic rings. The van der Waals surface area contributed by atoms with Crippen molar-refractivity contribution in [3.05, 3.63) is 109 Å². The van der Waals surface area contributed by atoms with Gasteiger partial charge in [-0.25, -0.2) is 4.57 Å². The molecule has 0 aliphatic carbocycles. The molecule has 0 aromatic carbocycles. The van der Waals surface area contributed by atoms with Crippen molar-refractivity contribution in [2.75, 3.05) is 26.4 Å². The standard InChI is InChI=1S/C46H74NO9P/c1-3-5-7-9-11-13-15-17-19-21-22-23-24-26-28-30-32-34-36-38-45(48)56-43(41-54-57(51,52)55-42-44(47)46(49)50)40-53-39-37-35-33-31-29-27-25-20-18-16-14-12-10-8-6-4-2/h5-8,11-14,17-20,22-23,27,29,33,35,43-44H,3-4,9-10,15-16,21,24-26,28,30-32,34,36-42,47H2,1-2H3,(H,49,50)(H,51,52)/b7-5-,8-6-,13-11-,14-12-,19-17-,20-18-,23-22-,29-27-,35-33-. The molecule has 0 rings (SSSR count). The van der Waals surface area contributed by atoms with Gasteiger partial charge in [-0.05, 0) is 83.5 Å². The first-order valence-electron chi connectivity index (χ1n) is 20.9. The fourth-order valence-electron chi connectivity index (χ4n) is 4.89. The van der Waals surface area contributed by atoms with Crippen molar-refractivity contribution in [1.29, 1.82) is 0 Å². The van der Waals surface area contributed by atoms with E-state index in [-0.39, 0.29) is 13.0 Å². The zero-order chi connectivity index (χ0) is 41.9. The van der Waals surface area contributed by atoms with Crippen molar-refractivity contribution in [3.8, 4) is 0 Å². The summed E-state index contributed by atoms with van der Waals surface area (Å²) in [6.07, 6.45) is 54.5. The number of carbonyl (C=O) groups excluding carboxylic acids is 1. The minimum Gasteiger partial charge on any atom is -0.480 e. The van der Waals surface area contributed by atoms with E-state index in [1.165, 1.54) is 0 Å². The zero-order valence-corrected chi connectivity index (χ0v) is 35.8. The van der Waals surface area contributed by atoms with Gasteiger partial charge in [0.25, 0.3) is 0 Å². The average Bonchev–Trinajstić information content (AvgIpc) is 3.19. The lowest BCUT2D eigenvalue weighted by atomic mass is 10.1. The van der Waals surface area contributed by atoms with Crippen molar-refractivity contribution in [3.63, 3.8) is 0 Å². The van der Waals surface area contributed by atoms with Gasteiger partial charge < -0.3 is 25.2 Å². The minimum absolute atomic E-state index is 0.0512. The van der Waals surface area contributed by atoms with Gasteiger partial charge in [0.15, 0.2) is 0 Å². The van der Waals surface area contributed by atoms with Gasteiger partial charge in [0, 0.05) is 6.42 Å². The predicted molar refractivity (Wildman–Crippen MR) is 235 cm³/mol. The number of phosphoric acid groups is 1. The first-order chi connectivity index (χ1) is 27.7. The highest BCUT2D eigenvalue weighted by molar-refractivity contribution is 7.47. The molecular formula is C46H74NO9P. The fraction of sp³-hybridized carbons (Fsp3) is 0.565. The number of esters is 1. The number of rotatable bonds is 38. The molecule has 0 spiro atoms. The number of unbranched alkanes of at least 4 members (excludes halogenated alkanes) is 6. The first kappa shape index (κ1) is 53.6. The maximum atomic E-state index is 12.6. The number of carboxylic acid groups (broad SMARTS) is 1. The van der Waals surface area contributed by atoms with Crippen LogP contribution in [0.15, 0.2) is 109 Å². The van der Waals surface area contributed by atoms with Crippen LogP contribution in [0.2, 0.25) is 0 Å². The molecule has 0 aromatic rings. The van der Waals surface area contributed by atoms with Crippen LogP contribution in [0.1, 0.15) is 129 Å². The highest BCUT2D eigenvalue weighted by Crippen LogP contribution is 2.43. The first-order valence-corrected chi connectivity index (χ1v) is 22.4. The summed E-state index contributed by atoms with van der Waals surface area (Å²) in [5, 5.41) is 8.89. The van der Waals surface area contributed by atoms with Crippen LogP contribution in [-0.2, 0) is 32.7 Å². The molecule has 4 N–H and O–H groups in total. The molecule has 11 heteroatoms. The van der Waals surface area contributed by atoms with Crippen molar-refractivity contribution < 1.29 is 42.7 Å². The van der Waals surface area contributed by atoms with Gasteiger partial charge in [0.1, 0.15) is 12.1 Å². The summed E-state index contributed by atoms with van der Waals surface area (Å²) >= 11 is 0. The second kappa shape index (κ2) is 40.8. The lowest BCUT2D eigenvalue weighted by Crippen LogP contribution is -2.34. The van der Waals surface area contributed by atoms with Gasteiger partial charge in [-0.3, -0.25) is 18.6 Å². The number of allylic oxidation sites excluding steroid dienone is 17. The highest BCUT2D eigenvalue weighted by Gasteiger charge is 2.27. The predicted octanol–water partition coefficient (Wildman–Crippen LogP) is 11.5. The van der Waals surface area contributed by atoms with E-state index in [2.05, 4.69) is 111 Å². The summed E-state index contributed by atoms with van der Waals surface area (Å²) in [6, 6.07) is -1.49. The van der Waals surface area contributed by atoms with Gasteiger partial charge >= 0.3 is 19.8 Å². The summed E-state index contributed by atoms with van der Waals surface area (Å²) in [5.74, 6) is -1.84. The Morgan fingerprint density at radius 3 is 1.44 bits per heavy atom. The number of ether oxygens (including phenoxy) is 2. The van der Waals surface area contributed by atoms with E-state index in [9.17, 15) is 19.0 Å². The lowest BCUT2D eigenvalue weighted by molar-refractivity contribution is -0.154. The molecule has 0 radical (unpaired) electrons. The zero-order valence-electron chi connectivity index (χ0n) is 34.9. The Labute approximate surface area is 344 Å². The average molecular weight is 816 g/mol. The van der Waals surface area contributed by atoms with Gasteiger partial charge in [0.05, 0.1) is 26.4 Å². The minimum atomic E-state index is -4.65. The monoisotopic (exact) mass is 816 g/mol. The summed E-state index contributed by atoms with van der Waals surface area (Å²) < 4.78 is 33.2. The van der Waals surface area contributed by atoms with Crippen LogP contribution in [0.4, 0.5) is 0 Å². The third kappa shape index (κ3) is 40.6. The van der Waals surface area contributed by atoms with E-state index in [1.807, 2.05) is 12.2 Å². The van der Waals surface area contributed by atoms with Crippen LogP contribution in [0.3, 0.4) is 0 Å². The molecule has 322 valence electrons. The lowest BCUT2D eigenvalue weighted by Gasteiger charge is -2.20. The van der Waals surface area contributed by atoms with Gasteiger partial charge in [-0.15, -0.1) is 0 Å². The molecule has 0 amide bonds. The largest absolute Gasteiger partial charge is 0.480 e. The van der Waals surface area contributed by atoms with Crippen molar-refractivity contribution in [1.82, 2.24) is 0 Å². The summed E-state index contributed by atoms with van der Waals surface area (Å²) in [4.78, 5) is 33.5. The number of hydrogen-bond donors (Lipinski definition) is 3. The molecule has 57 heavy (non-hydrogen) atoms. The number of phosphoric ester groups is 1. The highest BCUT2D eigenvalue weighted by atomic mass is 31.2. The number of nitrogens with two attached hydrogens (primary N) is 1. The van der Waals surface area contributed by atoms with E-state index >= 15 is 0 Å². The van der Waals surface area contributed by atoms with Crippen LogP contribution in [0.25, 0.3) is 0 Å². The number of hydrogen-bond acceptors (Lipinski definition) is 8. The summed E-state index contributed by atoms with van der Waals surface area (Å²) in [6.45, 7) is 3.38. The Kier molecular flexibility index (Phi) is 38.4. The smallest absolute Gasteiger partial charge is 0.472 e. The van der Waals surface area contributed by atoms with Crippen molar-refractivity contribution >= 4 is 19.8 Å². The molecule has 0 saturated heterocycles.